The average Bonchev–Trinajstić information content (AvgIpc) is 2.37. The van der Waals surface area contributed by atoms with E-state index in [1.807, 2.05) is 6.07 Å². The Morgan fingerprint density at radius 1 is 1.31 bits per heavy atom. The van der Waals surface area contributed by atoms with Gasteiger partial charge in [-0.3, -0.25) is 4.90 Å². The van der Waals surface area contributed by atoms with E-state index in [0.29, 0.717) is 12.1 Å². The molecule has 1 aromatic carbocycles. The maximum absolute atomic E-state index is 9.22. The fourth-order valence-electron chi connectivity index (χ4n) is 2.77. The lowest BCUT2D eigenvalue weighted by atomic mass is 9.86. The van der Waals surface area contributed by atoms with Gasteiger partial charge in [0, 0.05) is 18.6 Å². The SMILES string of the molecule is OCC1OCC2CC1N2Cc1ccccc1. The van der Waals surface area contributed by atoms with Crippen LogP contribution in [0.1, 0.15) is 12.0 Å². The molecular formula is C13H17NO2. The lowest BCUT2D eigenvalue weighted by molar-refractivity contribution is -0.187. The number of morpholine rings is 1. The Morgan fingerprint density at radius 2 is 2.12 bits per heavy atom. The van der Waals surface area contributed by atoms with Crippen LogP contribution in [0.5, 0.6) is 0 Å². The minimum absolute atomic E-state index is 0.0220. The molecule has 3 atom stereocenters. The van der Waals surface area contributed by atoms with Crippen LogP contribution in [-0.4, -0.2) is 41.4 Å². The predicted molar refractivity (Wildman–Crippen MR) is 61.0 cm³/mol. The molecule has 3 unspecified atom stereocenters. The van der Waals surface area contributed by atoms with Gasteiger partial charge in [-0.1, -0.05) is 30.3 Å². The van der Waals surface area contributed by atoms with E-state index in [2.05, 4.69) is 29.2 Å². The van der Waals surface area contributed by atoms with Crippen molar-refractivity contribution < 1.29 is 9.84 Å². The summed E-state index contributed by atoms with van der Waals surface area (Å²) in [5.74, 6) is 0. The lowest BCUT2D eigenvalue weighted by Crippen LogP contribution is -2.67. The molecule has 2 bridgehead atoms. The molecule has 0 radical (unpaired) electrons. The summed E-state index contributed by atoms with van der Waals surface area (Å²) in [6.07, 6.45) is 1.20. The molecule has 0 amide bonds. The summed E-state index contributed by atoms with van der Waals surface area (Å²) in [4.78, 5) is 2.46. The van der Waals surface area contributed by atoms with Crippen molar-refractivity contribution in [3.63, 3.8) is 0 Å². The summed E-state index contributed by atoms with van der Waals surface area (Å²) in [7, 11) is 0. The smallest absolute Gasteiger partial charge is 0.0962 e. The number of hydrogen-bond donors (Lipinski definition) is 1. The van der Waals surface area contributed by atoms with Crippen molar-refractivity contribution in [1.82, 2.24) is 4.90 Å². The molecule has 1 N–H and O–H groups in total. The Bertz CT molecular complexity index is 352. The molecule has 0 aliphatic carbocycles. The average molecular weight is 219 g/mol. The number of ether oxygens (including phenoxy) is 1. The first-order valence-corrected chi connectivity index (χ1v) is 5.90. The highest BCUT2D eigenvalue weighted by molar-refractivity contribution is 5.16. The first-order valence-electron chi connectivity index (χ1n) is 5.90. The standard InChI is InChI=1S/C13H17NO2/c15-8-13-12-6-11(9-16-13)14(12)7-10-4-2-1-3-5-10/h1-5,11-13,15H,6-9H2. The topological polar surface area (TPSA) is 32.7 Å². The molecule has 3 saturated heterocycles. The van der Waals surface area contributed by atoms with Crippen LogP contribution in [-0.2, 0) is 11.3 Å². The molecule has 86 valence electrons. The van der Waals surface area contributed by atoms with Crippen molar-refractivity contribution in [2.75, 3.05) is 13.2 Å². The van der Waals surface area contributed by atoms with Crippen LogP contribution in [0, 0.1) is 0 Å². The summed E-state index contributed by atoms with van der Waals surface area (Å²) in [6, 6.07) is 11.5. The normalized spacial score (nSPS) is 33.4. The number of aliphatic hydroxyl groups is 1. The van der Waals surface area contributed by atoms with Crippen LogP contribution in [0.25, 0.3) is 0 Å². The molecule has 0 aromatic heterocycles. The van der Waals surface area contributed by atoms with Crippen molar-refractivity contribution in [2.45, 2.75) is 31.2 Å². The van der Waals surface area contributed by atoms with E-state index >= 15 is 0 Å². The Kier molecular flexibility index (Phi) is 2.67. The number of fused-ring (bicyclic) bond motifs is 2. The van der Waals surface area contributed by atoms with E-state index in [9.17, 15) is 5.11 Å². The van der Waals surface area contributed by atoms with E-state index < -0.39 is 0 Å². The zero-order chi connectivity index (χ0) is 11.0. The Labute approximate surface area is 95.6 Å². The molecule has 3 aliphatic heterocycles. The molecule has 3 nitrogen and oxygen atoms in total. The third-order valence-electron chi connectivity index (χ3n) is 3.73. The van der Waals surface area contributed by atoms with E-state index in [0.717, 1.165) is 13.2 Å². The van der Waals surface area contributed by atoms with Crippen LogP contribution in [0.2, 0.25) is 0 Å². The van der Waals surface area contributed by atoms with Crippen molar-refractivity contribution in [1.29, 1.82) is 0 Å². The zero-order valence-corrected chi connectivity index (χ0v) is 9.25. The lowest BCUT2D eigenvalue weighted by Gasteiger charge is -2.55. The van der Waals surface area contributed by atoms with Crippen LogP contribution in [0.4, 0.5) is 0 Å². The first-order chi connectivity index (χ1) is 7.88. The molecular weight excluding hydrogens is 202 g/mol. The summed E-state index contributed by atoms with van der Waals surface area (Å²) in [5, 5.41) is 9.22. The molecule has 3 fully saturated rings. The van der Waals surface area contributed by atoms with Gasteiger partial charge in [0.25, 0.3) is 0 Å². The van der Waals surface area contributed by atoms with Gasteiger partial charge in [0.2, 0.25) is 0 Å². The quantitative estimate of drug-likeness (QED) is 0.824. The second kappa shape index (κ2) is 4.17. The molecule has 16 heavy (non-hydrogen) atoms. The van der Waals surface area contributed by atoms with E-state index in [1.54, 1.807) is 0 Å². The molecule has 3 aliphatic rings. The second-order valence-corrected chi connectivity index (χ2v) is 4.67. The number of rotatable bonds is 3. The van der Waals surface area contributed by atoms with Gasteiger partial charge in [0.15, 0.2) is 0 Å². The van der Waals surface area contributed by atoms with E-state index in [-0.39, 0.29) is 12.7 Å². The fourth-order valence-corrected chi connectivity index (χ4v) is 2.77. The fraction of sp³-hybridized carbons (Fsp3) is 0.538. The number of benzene rings is 1. The van der Waals surface area contributed by atoms with Gasteiger partial charge in [-0.2, -0.15) is 0 Å². The zero-order valence-electron chi connectivity index (χ0n) is 9.25. The van der Waals surface area contributed by atoms with Crippen LogP contribution < -0.4 is 0 Å². The van der Waals surface area contributed by atoms with Crippen LogP contribution >= 0.6 is 0 Å². The van der Waals surface area contributed by atoms with Gasteiger partial charge < -0.3 is 9.84 Å². The van der Waals surface area contributed by atoms with Crippen molar-refractivity contribution in [3.05, 3.63) is 35.9 Å². The molecule has 0 saturated carbocycles. The third-order valence-corrected chi connectivity index (χ3v) is 3.73. The first kappa shape index (κ1) is 10.3. The van der Waals surface area contributed by atoms with Gasteiger partial charge in [0.1, 0.15) is 0 Å². The molecule has 1 aromatic rings. The molecule has 4 rings (SSSR count). The molecule has 0 spiro atoms. The highest BCUT2D eigenvalue weighted by Gasteiger charge is 2.47. The Morgan fingerprint density at radius 3 is 2.81 bits per heavy atom. The van der Waals surface area contributed by atoms with Gasteiger partial charge in [-0.25, -0.2) is 0 Å². The molecule has 3 heterocycles. The largest absolute Gasteiger partial charge is 0.394 e. The Balaban J connectivity index is 1.68. The summed E-state index contributed by atoms with van der Waals surface area (Å²) < 4.78 is 5.57. The highest BCUT2D eigenvalue weighted by atomic mass is 16.5. The van der Waals surface area contributed by atoms with Crippen molar-refractivity contribution >= 4 is 0 Å². The second-order valence-electron chi connectivity index (χ2n) is 4.67. The van der Waals surface area contributed by atoms with Gasteiger partial charge >= 0.3 is 0 Å². The number of hydrogen-bond acceptors (Lipinski definition) is 3. The summed E-state index contributed by atoms with van der Waals surface area (Å²) in [6.45, 7) is 1.90. The maximum Gasteiger partial charge on any atom is 0.0962 e. The third kappa shape index (κ3) is 1.65. The van der Waals surface area contributed by atoms with Crippen LogP contribution in [0.15, 0.2) is 30.3 Å². The minimum Gasteiger partial charge on any atom is -0.394 e. The van der Waals surface area contributed by atoms with Crippen LogP contribution in [0.3, 0.4) is 0 Å². The molecule has 3 heteroatoms. The minimum atomic E-state index is 0.0220. The van der Waals surface area contributed by atoms with Gasteiger partial charge in [0.05, 0.1) is 19.3 Å². The van der Waals surface area contributed by atoms with Gasteiger partial charge in [-0.05, 0) is 12.0 Å². The number of nitrogens with zero attached hydrogens (tertiary/aromatic N) is 1. The number of aliphatic hydroxyl groups excluding tert-OH is 1. The monoisotopic (exact) mass is 219 g/mol. The van der Waals surface area contributed by atoms with Gasteiger partial charge in [-0.15, -0.1) is 0 Å². The maximum atomic E-state index is 9.22. The van der Waals surface area contributed by atoms with Crippen molar-refractivity contribution in [3.8, 4) is 0 Å². The van der Waals surface area contributed by atoms with E-state index in [4.69, 9.17) is 4.74 Å². The highest BCUT2D eigenvalue weighted by Crippen LogP contribution is 2.35. The van der Waals surface area contributed by atoms with Crippen molar-refractivity contribution in [2.24, 2.45) is 0 Å². The summed E-state index contributed by atoms with van der Waals surface area (Å²) >= 11 is 0. The summed E-state index contributed by atoms with van der Waals surface area (Å²) in [5.41, 5.74) is 1.34. The predicted octanol–water partition coefficient (Wildman–Crippen LogP) is 1.02. The van der Waals surface area contributed by atoms with E-state index in [1.165, 1.54) is 12.0 Å². The Hall–Kier alpha value is -0.900.